The third kappa shape index (κ3) is 4.21. The lowest BCUT2D eigenvalue weighted by Gasteiger charge is -2.15. The van der Waals surface area contributed by atoms with Crippen LogP contribution in [0.25, 0.3) is 0 Å². The average Bonchev–Trinajstić information content (AvgIpc) is 2.98. The van der Waals surface area contributed by atoms with Gasteiger partial charge in [-0.05, 0) is 12.8 Å². The summed E-state index contributed by atoms with van der Waals surface area (Å²) in [5, 5.41) is 10.2. The van der Waals surface area contributed by atoms with E-state index >= 15 is 0 Å². The first-order chi connectivity index (χ1) is 9.68. The van der Waals surface area contributed by atoms with E-state index in [1.807, 2.05) is 0 Å². The van der Waals surface area contributed by atoms with Crippen LogP contribution in [0.5, 0.6) is 0 Å². The number of nitrogens with zero attached hydrogens (tertiary/aromatic N) is 2. The molecule has 1 aliphatic rings. The van der Waals surface area contributed by atoms with Crippen LogP contribution >= 0.6 is 11.3 Å². The first-order valence-corrected chi connectivity index (χ1v) is 9.16. The molecule has 0 spiro atoms. The molecule has 1 heterocycles. The standard InChI is InChI=1S/C12H20N4O3S2/c1-12(2,3)9(17)13-10-14-15-11(20-10)21(18,19)16-8-6-4-5-7-8/h8,16H,4-7H2,1-3H3,(H,13,14,17). The van der Waals surface area contributed by atoms with Gasteiger partial charge in [0.15, 0.2) is 0 Å². The van der Waals surface area contributed by atoms with Crippen molar-refractivity contribution >= 4 is 32.4 Å². The third-order valence-electron chi connectivity index (χ3n) is 3.21. The molecule has 0 unspecified atom stereocenters. The van der Waals surface area contributed by atoms with Crippen LogP contribution in [0.2, 0.25) is 0 Å². The molecular weight excluding hydrogens is 312 g/mol. The van der Waals surface area contributed by atoms with E-state index in [9.17, 15) is 13.2 Å². The van der Waals surface area contributed by atoms with Crippen molar-refractivity contribution in [2.75, 3.05) is 5.32 Å². The fourth-order valence-corrected chi connectivity index (χ4v) is 4.18. The lowest BCUT2D eigenvalue weighted by Crippen LogP contribution is -2.32. The molecule has 1 aromatic rings. The highest BCUT2D eigenvalue weighted by molar-refractivity contribution is 7.91. The second kappa shape index (κ2) is 5.98. The third-order valence-corrected chi connectivity index (χ3v) is 5.94. The van der Waals surface area contributed by atoms with Crippen molar-refractivity contribution in [1.82, 2.24) is 14.9 Å². The fraction of sp³-hybridized carbons (Fsp3) is 0.750. The van der Waals surface area contributed by atoms with Crippen LogP contribution in [-0.4, -0.2) is 30.6 Å². The van der Waals surface area contributed by atoms with Crippen molar-refractivity contribution in [2.24, 2.45) is 5.41 Å². The highest BCUT2D eigenvalue weighted by Gasteiger charge is 2.27. The molecule has 0 radical (unpaired) electrons. The molecule has 21 heavy (non-hydrogen) atoms. The number of rotatable bonds is 4. The zero-order valence-corrected chi connectivity index (χ0v) is 14.0. The van der Waals surface area contributed by atoms with E-state index in [-0.39, 0.29) is 21.4 Å². The maximum Gasteiger partial charge on any atom is 0.270 e. The second-order valence-corrected chi connectivity index (χ2v) is 9.05. The molecule has 118 valence electrons. The zero-order valence-electron chi connectivity index (χ0n) is 12.3. The largest absolute Gasteiger partial charge is 0.300 e. The predicted octanol–water partition coefficient (Wildman–Crippen LogP) is 1.74. The van der Waals surface area contributed by atoms with Gasteiger partial charge in [0.2, 0.25) is 15.4 Å². The van der Waals surface area contributed by atoms with E-state index in [1.54, 1.807) is 20.8 Å². The Bertz CT molecular complexity index is 613. The van der Waals surface area contributed by atoms with Crippen molar-refractivity contribution in [1.29, 1.82) is 0 Å². The summed E-state index contributed by atoms with van der Waals surface area (Å²) in [4.78, 5) is 11.8. The first-order valence-electron chi connectivity index (χ1n) is 6.86. The minimum Gasteiger partial charge on any atom is -0.300 e. The number of amides is 1. The van der Waals surface area contributed by atoms with Crippen molar-refractivity contribution in [3.63, 3.8) is 0 Å². The van der Waals surface area contributed by atoms with Gasteiger partial charge in [0.05, 0.1) is 0 Å². The number of nitrogens with one attached hydrogen (secondary N) is 2. The molecule has 2 rings (SSSR count). The van der Waals surface area contributed by atoms with Gasteiger partial charge in [0.25, 0.3) is 10.0 Å². The highest BCUT2D eigenvalue weighted by atomic mass is 32.2. The zero-order chi connectivity index (χ0) is 15.7. The number of carbonyl (C=O) groups excluding carboxylic acids is 1. The molecule has 1 fully saturated rings. The molecule has 1 aliphatic carbocycles. The lowest BCUT2D eigenvalue weighted by atomic mass is 9.96. The van der Waals surface area contributed by atoms with E-state index in [4.69, 9.17) is 0 Å². The first kappa shape index (κ1) is 16.3. The van der Waals surface area contributed by atoms with E-state index in [0.717, 1.165) is 37.0 Å². The predicted molar refractivity (Wildman–Crippen MR) is 80.6 cm³/mol. The Kier molecular flexibility index (Phi) is 4.64. The molecular formula is C12H20N4O3S2. The number of sulfonamides is 1. The average molecular weight is 332 g/mol. The van der Waals surface area contributed by atoms with Crippen LogP contribution < -0.4 is 10.0 Å². The number of anilines is 1. The summed E-state index contributed by atoms with van der Waals surface area (Å²) in [6.07, 6.45) is 3.78. The van der Waals surface area contributed by atoms with Gasteiger partial charge >= 0.3 is 0 Å². The molecule has 0 bridgehead atoms. The van der Waals surface area contributed by atoms with Crippen LogP contribution in [-0.2, 0) is 14.8 Å². The molecule has 7 nitrogen and oxygen atoms in total. The Hall–Kier alpha value is -1.06. The van der Waals surface area contributed by atoms with Crippen molar-refractivity contribution in [2.45, 2.75) is 56.8 Å². The molecule has 0 aliphatic heterocycles. The number of hydrogen-bond acceptors (Lipinski definition) is 6. The van der Waals surface area contributed by atoms with Crippen LogP contribution in [0.15, 0.2) is 4.34 Å². The summed E-state index contributed by atoms with van der Waals surface area (Å²) in [7, 11) is -3.65. The molecule has 0 atom stereocenters. The van der Waals surface area contributed by atoms with Gasteiger partial charge in [0, 0.05) is 11.5 Å². The SMILES string of the molecule is CC(C)(C)C(=O)Nc1nnc(S(=O)(=O)NC2CCCC2)s1. The van der Waals surface area contributed by atoms with Gasteiger partial charge in [-0.2, -0.15) is 0 Å². The summed E-state index contributed by atoms with van der Waals surface area (Å²) in [6, 6.07) is -0.0217. The minimum atomic E-state index is -3.65. The van der Waals surface area contributed by atoms with Gasteiger partial charge in [-0.25, -0.2) is 13.1 Å². The molecule has 1 saturated carbocycles. The smallest absolute Gasteiger partial charge is 0.270 e. The monoisotopic (exact) mass is 332 g/mol. The van der Waals surface area contributed by atoms with Crippen LogP contribution in [0, 0.1) is 5.41 Å². The van der Waals surface area contributed by atoms with E-state index < -0.39 is 15.4 Å². The highest BCUT2D eigenvalue weighted by Crippen LogP contribution is 2.25. The molecule has 2 N–H and O–H groups in total. The number of carbonyl (C=O) groups is 1. The number of hydrogen-bond donors (Lipinski definition) is 2. The summed E-state index contributed by atoms with van der Waals surface area (Å²) in [6.45, 7) is 5.30. The molecule has 9 heteroatoms. The Balaban J connectivity index is 2.06. The van der Waals surface area contributed by atoms with Gasteiger partial charge in [-0.3, -0.25) is 4.79 Å². The van der Waals surface area contributed by atoms with Gasteiger partial charge in [0.1, 0.15) is 0 Å². The van der Waals surface area contributed by atoms with Crippen LogP contribution in [0.3, 0.4) is 0 Å². The summed E-state index contributed by atoms with van der Waals surface area (Å²) in [5.41, 5.74) is -0.577. The Labute approximate surface area is 128 Å². The van der Waals surface area contributed by atoms with Gasteiger partial charge in [-0.15, -0.1) is 10.2 Å². The summed E-state index contributed by atoms with van der Waals surface area (Å²) >= 11 is 0.863. The minimum absolute atomic E-state index is 0.0217. The Morgan fingerprint density at radius 3 is 2.43 bits per heavy atom. The van der Waals surface area contributed by atoms with Crippen molar-refractivity contribution in [3.8, 4) is 0 Å². The Morgan fingerprint density at radius 2 is 1.86 bits per heavy atom. The second-order valence-electron chi connectivity index (χ2n) is 6.18. The van der Waals surface area contributed by atoms with Gasteiger partial charge < -0.3 is 5.32 Å². The summed E-state index contributed by atoms with van der Waals surface area (Å²) < 4.78 is 26.9. The maximum atomic E-state index is 12.2. The lowest BCUT2D eigenvalue weighted by molar-refractivity contribution is -0.123. The normalized spacial score (nSPS) is 17.1. The Morgan fingerprint density at radius 1 is 1.24 bits per heavy atom. The molecule has 1 amide bonds. The van der Waals surface area contributed by atoms with E-state index in [2.05, 4.69) is 20.2 Å². The maximum absolute atomic E-state index is 12.2. The summed E-state index contributed by atoms with van der Waals surface area (Å²) in [5.74, 6) is -0.230. The topological polar surface area (TPSA) is 101 Å². The van der Waals surface area contributed by atoms with Crippen molar-refractivity contribution in [3.05, 3.63) is 0 Å². The van der Waals surface area contributed by atoms with Crippen LogP contribution in [0.4, 0.5) is 5.13 Å². The fourth-order valence-electron chi connectivity index (χ4n) is 1.97. The van der Waals surface area contributed by atoms with Gasteiger partial charge in [-0.1, -0.05) is 44.9 Å². The molecule has 0 aromatic carbocycles. The van der Waals surface area contributed by atoms with E-state index in [1.165, 1.54) is 0 Å². The van der Waals surface area contributed by atoms with E-state index in [0.29, 0.717) is 0 Å². The molecule has 1 aromatic heterocycles. The molecule has 0 saturated heterocycles. The number of aromatic nitrogens is 2. The quantitative estimate of drug-likeness (QED) is 0.818. The van der Waals surface area contributed by atoms with Crippen molar-refractivity contribution < 1.29 is 13.2 Å². The van der Waals surface area contributed by atoms with Crippen LogP contribution in [0.1, 0.15) is 46.5 Å².